The monoisotopic (exact) mass is 244 g/mol. The predicted octanol–water partition coefficient (Wildman–Crippen LogP) is 3.14. The van der Waals surface area contributed by atoms with E-state index in [0.717, 1.165) is 18.5 Å². The maximum Gasteiger partial charge on any atom is 0.0405 e. The summed E-state index contributed by atoms with van der Waals surface area (Å²) in [6.45, 7) is 5.86. The Morgan fingerprint density at radius 2 is 2.17 bits per heavy atom. The lowest BCUT2D eigenvalue weighted by Gasteiger charge is -2.34. The molecule has 0 bridgehead atoms. The van der Waals surface area contributed by atoms with Crippen molar-refractivity contribution in [1.82, 2.24) is 5.32 Å². The molecule has 0 aliphatic carbocycles. The highest BCUT2D eigenvalue weighted by molar-refractivity contribution is 5.62. The number of para-hydroxylation sites is 1. The van der Waals surface area contributed by atoms with E-state index in [4.69, 9.17) is 0 Å². The normalized spacial score (nSPS) is 25.9. The van der Waals surface area contributed by atoms with E-state index in [9.17, 15) is 0 Å². The molecule has 0 amide bonds. The summed E-state index contributed by atoms with van der Waals surface area (Å²) in [5, 5.41) is 3.56. The largest absolute Gasteiger partial charge is 0.368 e. The second kappa shape index (κ2) is 5.31. The minimum absolute atomic E-state index is 0.719. The molecule has 18 heavy (non-hydrogen) atoms. The molecule has 1 saturated heterocycles. The van der Waals surface area contributed by atoms with Crippen LogP contribution in [0.5, 0.6) is 0 Å². The first-order valence-corrected chi connectivity index (χ1v) is 7.48. The van der Waals surface area contributed by atoms with Gasteiger partial charge in [-0.15, -0.1) is 0 Å². The predicted molar refractivity (Wildman–Crippen MR) is 77.3 cm³/mol. The van der Waals surface area contributed by atoms with Crippen LogP contribution in [0.2, 0.25) is 0 Å². The molecule has 2 atom stereocenters. The highest BCUT2D eigenvalue weighted by Crippen LogP contribution is 2.42. The Balaban J connectivity index is 1.83. The SMILES string of the molecule is CCCCCN1c2ccccc2[C@@H]2CNCC[C@H]21. The van der Waals surface area contributed by atoms with Gasteiger partial charge in [-0.1, -0.05) is 38.0 Å². The van der Waals surface area contributed by atoms with Crippen LogP contribution in [-0.4, -0.2) is 25.7 Å². The van der Waals surface area contributed by atoms with Gasteiger partial charge in [0.05, 0.1) is 0 Å². The van der Waals surface area contributed by atoms with Gasteiger partial charge >= 0.3 is 0 Å². The second-order valence-electron chi connectivity index (χ2n) is 5.63. The van der Waals surface area contributed by atoms with Gasteiger partial charge in [0.25, 0.3) is 0 Å². The molecule has 2 heteroatoms. The van der Waals surface area contributed by atoms with E-state index in [1.54, 1.807) is 5.56 Å². The van der Waals surface area contributed by atoms with Crippen LogP contribution in [0.25, 0.3) is 0 Å². The number of fused-ring (bicyclic) bond motifs is 3. The van der Waals surface area contributed by atoms with Crippen LogP contribution in [-0.2, 0) is 0 Å². The van der Waals surface area contributed by atoms with Gasteiger partial charge in [-0.05, 0) is 31.0 Å². The third kappa shape index (κ3) is 2.03. The van der Waals surface area contributed by atoms with E-state index in [0.29, 0.717) is 0 Å². The highest BCUT2D eigenvalue weighted by Gasteiger charge is 2.38. The van der Waals surface area contributed by atoms with Crippen molar-refractivity contribution in [3.8, 4) is 0 Å². The summed E-state index contributed by atoms with van der Waals surface area (Å²) < 4.78 is 0. The zero-order valence-corrected chi connectivity index (χ0v) is 11.4. The molecule has 1 aromatic rings. The molecule has 1 fully saturated rings. The molecule has 0 spiro atoms. The van der Waals surface area contributed by atoms with E-state index in [-0.39, 0.29) is 0 Å². The molecule has 0 radical (unpaired) electrons. The first kappa shape index (κ1) is 12.0. The Morgan fingerprint density at radius 3 is 3.06 bits per heavy atom. The van der Waals surface area contributed by atoms with E-state index in [2.05, 4.69) is 41.4 Å². The molecular formula is C16H24N2. The number of unbranched alkanes of at least 4 members (excludes halogenated alkanes) is 2. The van der Waals surface area contributed by atoms with Crippen molar-refractivity contribution in [2.24, 2.45) is 0 Å². The van der Waals surface area contributed by atoms with Crippen molar-refractivity contribution in [2.45, 2.75) is 44.6 Å². The average Bonchev–Trinajstić information content (AvgIpc) is 2.74. The molecule has 2 heterocycles. The number of rotatable bonds is 4. The summed E-state index contributed by atoms with van der Waals surface area (Å²) >= 11 is 0. The molecule has 1 N–H and O–H groups in total. The van der Waals surface area contributed by atoms with Crippen LogP contribution in [0.1, 0.15) is 44.1 Å². The Morgan fingerprint density at radius 1 is 1.28 bits per heavy atom. The van der Waals surface area contributed by atoms with Gasteiger partial charge in [0.2, 0.25) is 0 Å². The van der Waals surface area contributed by atoms with Crippen molar-refractivity contribution in [1.29, 1.82) is 0 Å². The van der Waals surface area contributed by atoms with Crippen LogP contribution in [0.15, 0.2) is 24.3 Å². The molecule has 2 aliphatic heterocycles. The Kier molecular flexibility index (Phi) is 3.55. The fraction of sp³-hybridized carbons (Fsp3) is 0.625. The molecule has 98 valence electrons. The smallest absolute Gasteiger partial charge is 0.0405 e. The van der Waals surface area contributed by atoms with Crippen LogP contribution in [0.4, 0.5) is 5.69 Å². The summed E-state index contributed by atoms with van der Waals surface area (Å²) in [7, 11) is 0. The van der Waals surface area contributed by atoms with E-state index in [1.807, 2.05) is 0 Å². The number of hydrogen-bond donors (Lipinski definition) is 1. The summed E-state index contributed by atoms with van der Waals surface area (Å²) in [5.41, 5.74) is 3.08. The van der Waals surface area contributed by atoms with Crippen LogP contribution in [0.3, 0.4) is 0 Å². The minimum atomic E-state index is 0.719. The fourth-order valence-corrected chi connectivity index (χ4v) is 3.59. The molecule has 3 rings (SSSR count). The molecule has 2 aliphatic rings. The number of nitrogens with one attached hydrogen (secondary N) is 1. The van der Waals surface area contributed by atoms with Crippen molar-refractivity contribution >= 4 is 5.69 Å². The molecule has 0 aromatic heterocycles. The van der Waals surface area contributed by atoms with Crippen molar-refractivity contribution < 1.29 is 0 Å². The Labute approximate surface area is 110 Å². The summed E-state index contributed by atoms with van der Waals surface area (Å²) in [6.07, 6.45) is 5.30. The molecule has 1 aromatic carbocycles. The first-order chi connectivity index (χ1) is 8.92. The van der Waals surface area contributed by atoms with Gasteiger partial charge in [0.15, 0.2) is 0 Å². The highest BCUT2D eigenvalue weighted by atomic mass is 15.2. The van der Waals surface area contributed by atoms with Gasteiger partial charge in [0.1, 0.15) is 0 Å². The van der Waals surface area contributed by atoms with E-state index >= 15 is 0 Å². The van der Waals surface area contributed by atoms with Gasteiger partial charge in [-0.3, -0.25) is 0 Å². The van der Waals surface area contributed by atoms with Gasteiger partial charge in [-0.25, -0.2) is 0 Å². The summed E-state index contributed by atoms with van der Waals surface area (Å²) in [5.74, 6) is 0.719. The second-order valence-corrected chi connectivity index (χ2v) is 5.63. The molecule has 0 unspecified atom stereocenters. The van der Waals surface area contributed by atoms with Crippen molar-refractivity contribution in [2.75, 3.05) is 24.5 Å². The Bertz CT molecular complexity index is 402. The van der Waals surface area contributed by atoms with Crippen LogP contribution in [0, 0.1) is 0 Å². The average molecular weight is 244 g/mol. The number of nitrogens with zero attached hydrogens (tertiary/aromatic N) is 1. The number of piperidine rings is 1. The van der Waals surface area contributed by atoms with Crippen LogP contribution >= 0.6 is 0 Å². The maximum atomic E-state index is 3.56. The number of hydrogen-bond acceptors (Lipinski definition) is 2. The quantitative estimate of drug-likeness (QED) is 0.819. The van der Waals surface area contributed by atoms with Crippen molar-refractivity contribution in [3.05, 3.63) is 29.8 Å². The zero-order chi connectivity index (χ0) is 12.4. The van der Waals surface area contributed by atoms with Gasteiger partial charge in [0, 0.05) is 30.7 Å². The molecule has 2 nitrogen and oxygen atoms in total. The standard InChI is InChI=1S/C16H24N2/c1-2-3-6-11-18-15-8-5-4-7-13(15)14-12-17-10-9-16(14)18/h4-5,7-8,14,16-17H,2-3,6,9-12H2,1H3/t14-,16+/m0/s1. The van der Waals surface area contributed by atoms with Crippen molar-refractivity contribution in [3.63, 3.8) is 0 Å². The lowest BCUT2D eigenvalue weighted by molar-refractivity contribution is 0.400. The molecular weight excluding hydrogens is 220 g/mol. The topological polar surface area (TPSA) is 15.3 Å². The van der Waals surface area contributed by atoms with Crippen LogP contribution < -0.4 is 10.2 Å². The van der Waals surface area contributed by atoms with Gasteiger partial charge in [-0.2, -0.15) is 0 Å². The van der Waals surface area contributed by atoms with E-state index < -0.39 is 0 Å². The minimum Gasteiger partial charge on any atom is -0.368 e. The lowest BCUT2D eigenvalue weighted by Crippen LogP contribution is -2.44. The number of anilines is 1. The first-order valence-electron chi connectivity index (χ1n) is 7.48. The van der Waals surface area contributed by atoms with E-state index in [1.165, 1.54) is 44.5 Å². The lowest BCUT2D eigenvalue weighted by atomic mass is 9.90. The summed E-state index contributed by atoms with van der Waals surface area (Å²) in [6, 6.07) is 9.79. The van der Waals surface area contributed by atoms with Gasteiger partial charge < -0.3 is 10.2 Å². The third-order valence-electron chi connectivity index (χ3n) is 4.49. The Hall–Kier alpha value is -1.02. The maximum absolute atomic E-state index is 3.56. The zero-order valence-electron chi connectivity index (χ0n) is 11.4. The molecule has 0 saturated carbocycles. The summed E-state index contributed by atoms with van der Waals surface area (Å²) in [4.78, 5) is 2.69. The number of benzene rings is 1. The third-order valence-corrected chi connectivity index (χ3v) is 4.49. The fourth-order valence-electron chi connectivity index (χ4n) is 3.59.